The van der Waals surface area contributed by atoms with E-state index >= 15 is 0 Å². The first-order valence-corrected chi connectivity index (χ1v) is 5.65. The number of hydrogen-bond donors (Lipinski definition) is 0. The van der Waals surface area contributed by atoms with E-state index in [9.17, 15) is 0 Å². The van der Waals surface area contributed by atoms with Crippen LogP contribution in [-0.2, 0) is 6.42 Å². The van der Waals surface area contributed by atoms with Gasteiger partial charge in [-0.3, -0.25) is 0 Å². The Hall–Kier alpha value is 0.130. The Kier molecular flexibility index (Phi) is 6.70. The quantitative estimate of drug-likeness (QED) is 0.666. The van der Waals surface area contributed by atoms with E-state index in [-0.39, 0.29) is 0 Å². The maximum Gasteiger partial charge on any atom is 0.0249 e. The average molecular weight is 247 g/mol. The van der Waals surface area contributed by atoms with Crippen molar-refractivity contribution in [2.75, 3.05) is 0 Å². The minimum atomic E-state index is 1.10. The first kappa shape index (κ1) is 12.1. The highest BCUT2D eigenvalue weighted by Crippen LogP contribution is 2.12. The summed E-state index contributed by atoms with van der Waals surface area (Å²) in [5.74, 6) is 0. The van der Waals surface area contributed by atoms with Gasteiger partial charge in [-0.2, -0.15) is 0 Å². The molecule has 68 valence electrons. The molecular formula is C10H16BrP. The van der Waals surface area contributed by atoms with Crippen molar-refractivity contribution in [1.82, 2.24) is 0 Å². The van der Waals surface area contributed by atoms with Crippen molar-refractivity contribution >= 4 is 30.5 Å². The number of rotatable bonds is 1. The smallest absolute Gasteiger partial charge is 0.0249 e. The Labute approximate surface area is 86.1 Å². The maximum atomic E-state index is 3.47. The highest BCUT2D eigenvalue weighted by atomic mass is 79.9. The summed E-state index contributed by atoms with van der Waals surface area (Å²) < 4.78 is 1.18. The van der Waals surface area contributed by atoms with Crippen molar-refractivity contribution in [3.63, 3.8) is 0 Å². The Bertz CT molecular complexity index is 233. The third-order valence-corrected chi connectivity index (χ3v) is 3.09. The lowest BCUT2D eigenvalue weighted by Crippen LogP contribution is -1.93. The SMILES string of the molecule is CC.CCc1ccc(P)c(Br)c1. The van der Waals surface area contributed by atoms with Gasteiger partial charge in [0, 0.05) is 4.47 Å². The summed E-state index contributed by atoms with van der Waals surface area (Å²) in [6, 6.07) is 6.41. The summed E-state index contributed by atoms with van der Waals surface area (Å²) in [7, 11) is 2.68. The molecule has 0 fully saturated rings. The van der Waals surface area contributed by atoms with Gasteiger partial charge in [-0.05, 0) is 23.4 Å². The van der Waals surface area contributed by atoms with Crippen LogP contribution in [0.4, 0.5) is 0 Å². The number of hydrogen-bond acceptors (Lipinski definition) is 0. The van der Waals surface area contributed by atoms with Gasteiger partial charge in [0.1, 0.15) is 0 Å². The van der Waals surface area contributed by atoms with Crippen LogP contribution in [0.2, 0.25) is 0 Å². The van der Waals surface area contributed by atoms with Gasteiger partial charge in [0.15, 0.2) is 0 Å². The van der Waals surface area contributed by atoms with Crippen molar-refractivity contribution in [2.24, 2.45) is 0 Å². The second-order valence-corrected chi connectivity index (χ2v) is 3.69. The van der Waals surface area contributed by atoms with Crippen LogP contribution in [0.3, 0.4) is 0 Å². The second kappa shape index (κ2) is 6.62. The van der Waals surface area contributed by atoms with E-state index < -0.39 is 0 Å². The first-order valence-electron chi connectivity index (χ1n) is 4.28. The second-order valence-electron chi connectivity index (χ2n) is 2.21. The van der Waals surface area contributed by atoms with Gasteiger partial charge in [-0.15, -0.1) is 9.24 Å². The molecule has 0 aliphatic carbocycles. The summed E-state index contributed by atoms with van der Waals surface area (Å²) >= 11 is 3.47. The number of aryl methyl sites for hydroxylation is 1. The molecule has 0 nitrogen and oxygen atoms in total. The van der Waals surface area contributed by atoms with Gasteiger partial charge in [0.2, 0.25) is 0 Å². The Morgan fingerprint density at radius 1 is 1.33 bits per heavy atom. The van der Waals surface area contributed by atoms with Crippen molar-refractivity contribution < 1.29 is 0 Å². The molecular weight excluding hydrogens is 231 g/mol. The van der Waals surface area contributed by atoms with Crippen molar-refractivity contribution in [3.8, 4) is 0 Å². The molecule has 0 aromatic heterocycles. The Morgan fingerprint density at radius 2 is 1.92 bits per heavy atom. The molecule has 0 N–H and O–H groups in total. The highest BCUT2D eigenvalue weighted by Gasteiger charge is 1.93. The van der Waals surface area contributed by atoms with Gasteiger partial charge >= 0.3 is 0 Å². The van der Waals surface area contributed by atoms with E-state index in [2.05, 4.69) is 50.3 Å². The zero-order valence-corrected chi connectivity index (χ0v) is 10.6. The van der Waals surface area contributed by atoms with Gasteiger partial charge in [0.05, 0.1) is 0 Å². The predicted octanol–water partition coefficient (Wildman–Crippen LogP) is 3.54. The van der Waals surface area contributed by atoms with Gasteiger partial charge in [-0.25, -0.2) is 0 Å². The standard InChI is InChI=1S/C8H10BrP.C2H6/c1-2-6-3-4-8(10)7(9)5-6;1-2/h3-5H,2,10H2,1H3;1-2H3. The summed E-state index contributed by atoms with van der Waals surface area (Å²) in [6.07, 6.45) is 1.10. The summed E-state index contributed by atoms with van der Waals surface area (Å²) in [6.45, 7) is 6.16. The number of halogens is 1. The van der Waals surface area contributed by atoms with Crippen LogP contribution in [-0.4, -0.2) is 0 Å². The van der Waals surface area contributed by atoms with Crippen LogP contribution in [0.1, 0.15) is 26.3 Å². The van der Waals surface area contributed by atoms with E-state index in [1.54, 1.807) is 0 Å². The van der Waals surface area contributed by atoms with E-state index in [1.807, 2.05) is 13.8 Å². The molecule has 0 radical (unpaired) electrons. The van der Waals surface area contributed by atoms with E-state index in [0.29, 0.717) is 0 Å². The molecule has 1 aromatic carbocycles. The molecule has 0 heterocycles. The first-order chi connectivity index (χ1) is 5.74. The predicted molar refractivity (Wildman–Crippen MR) is 64.2 cm³/mol. The summed E-state index contributed by atoms with van der Waals surface area (Å²) in [5.41, 5.74) is 1.37. The Morgan fingerprint density at radius 3 is 2.33 bits per heavy atom. The summed E-state index contributed by atoms with van der Waals surface area (Å²) in [5, 5.41) is 1.22. The maximum absolute atomic E-state index is 3.47. The molecule has 0 spiro atoms. The van der Waals surface area contributed by atoms with Crippen LogP contribution in [0.25, 0.3) is 0 Å². The molecule has 12 heavy (non-hydrogen) atoms. The van der Waals surface area contributed by atoms with Crippen LogP contribution in [0.5, 0.6) is 0 Å². The molecule has 2 heteroatoms. The topological polar surface area (TPSA) is 0 Å². The zero-order valence-electron chi connectivity index (χ0n) is 7.89. The molecule has 1 atom stereocenters. The van der Waals surface area contributed by atoms with Crippen LogP contribution >= 0.6 is 25.2 Å². The minimum Gasteiger partial charge on any atom is -0.104 e. The molecule has 0 saturated carbocycles. The van der Waals surface area contributed by atoms with Gasteiger partial charge < -0.3 is 0 Å². The monoisotopic (exact) mass is 246 g/mol. The largest absolute Gasteiger partial charge is 0.104 e. The lowest BCUT2D eigenvalue weighted by molar-refractivity contribution is 1.14. The molecule has 0 amide bonds. The van der Waals surface area contributed by atoms with Crippen LogP contribution in [0, 0.1) is 0 Å². The lowest BCUT2D eigenvalue weighted by Gasteiger charge is -1.99. The molecule has 1 aromatic rings. The van der Waals surface area contributed by atoms with E-state index in [4.69, 9.17) is 0 Å². The van der Waals surface area contributed by atoms with Crippen molar-refractivity contribution in [3.05, 3.63) is 28.2 Å². The lowest BCUT2D eigenvalue weighted by atomic mass is 10.2. The van der Waals surface area contributed by atoms with Crippen molar-refractivity contribution in [1.29, 1.82) is 0 Å². The zero-order chi connectivity index (χ0) is 9.56. The molecule has 0 aliphatic rings. The molecule has 0 saturated heterocycles. The third kappa shape index (κ3) is 3.69. The fourth-order valence-corrected chi connectivity index (χ4v) is 1.40. The fraction of sp³-hybridized carbons (Fsp3) is 0.400. The molecule has 0 aliphatic heterocycles. The molecule has 0 bridgehead atoms. The fourth-order valence-electron chi connectivity index (χ4n) is 0.791. The van der Waals surface area contributed by atoms with Crippen LogP contribution < -0.4 is 5.30 Å². The molecule has 1 unspecified atom stereocenters. The third-order valence-electron chi connectivity index (χ3n) is 1.47. The number of benzene rings is 1. The summed E-state index contributed by atoms with van der Waals surface area (Å²) in [4.78, 5) is 0. The van der Waals surface area contributed by atoms with Gasteiger partial charge in [0.25, 0.3) is 0 Å². The van der Waals surface area contributed by atoms with Gasteiger partial charge in [-0.1, -0.05) is 48.8 Å². The molecule has 1 rings (SSSR count). The van der Waals surface area contributed by atoms with Crippen molar-refractivity contribution in [2.45, 2.75) is 27.2 Å². The normalized spacial score (nSPS) is 8.75. The Balaban J connectivity index is 0.000000561. The minimum absolute atomic E-state index is 1.10. The van der Waals surface area contributed by atoms with Crippen LogP contribution in [0.15, 0.2) is 22.7 Å². The van der Waals surface area contributed by atoms with E-state index in [0.717, 1.165) is 6.42 Å². The van der Waals surface area contributed by atoms with E-state index in [1.165, 1.54) is 15.3 Å². The highest BCUT2D eigenvalue weighted by molar-refractivity contribution is 9.10. The average Bonchev–Trinajstić information content (AvgIpc) is 2.13.